The number of aromatic nitrogens is 1. The monoisotopic (exact) mass is 264 g/mol. The van der Waals surface area contributed by atoms with Crippen LogP contribution in [-0.2, 0) is 0 Å². The highest BCUT2D eigenvalue weighted by atomic mass is 14.8. The number of hydrogen-bond donors (Lipinski definition) is 0. The van der Waals surface area contributed by atoms with Crippen LogP contribution in [0, 0.1) is 5.41 Å². The van der Waals surface area contributed by atoms with E-state index in [1.807, 2.05) is 24.4 Å². The van der Waals surface area contributed by atoms with Crippen molar-refractivity contribution in [1.29, 1.82) is 0 Å². The van der Waals surface area contributed by atoms with Gasteiger partial charge in [0.05, 0.1) is 11.4 Å². The zero-order chi connectivity index (χ0) is 14.6. The Morgan fingerprint density at radius 1 is 1.25 bits per heavy atom. The SMILES string of the molecule is CB(C)/C(C)=C/C1(C)C=CN=C(c2ccccn2)C=C1. The number of hydrogen-bond acceptors (Lipinski definition) is 2. The molecule has 1 aliphatic heterocycles. The molecule has 20 heavy (non-hydrogen) atoms. The van der Waals surface area contributed by atoms with Gasteiger partial charge < -0.3 is 0 Å². The molecular formula is C17H21BN2. The van der Waals surface area contributed by atoms with Crippen LogP contribution in [0.25, 0.3) is 0 Å². The van der Waals surface area contributed by atoms with Crippen LogP contribution in [0.4, 0.5) is 0 Å². The molecule has 102 valence electrons. The Morgan fingerprint density at radius 2 is 2.05 bits per heavy atom. The standard InChI is InChI=1S/C17H21BN2/c1-14(18(3)4)13-17(2)9-8-16(20-12-10-17)15-7-5-6-11-19-15/h5-13H,1-4H3/b14-13+. The molecule has 0 fully saturated rings. The van der Waals surface area contributed by atoms with Crippen LogP contribution < -0.4 is 0 Å². The second kappa shape index (κ2) is 6.04. The topological polar surface area (TPSA) is 25.2 Å². The first-order chi connectivity index (χ1) is 9.50. The number of pyridine rings is 1. The fraction of sp³-hybridized carbons (Fsp3) is 0.294. The normalized spacial score (nSPS) is 22.4. The van der Waals surface area contributed by atoms with Gasteiger partial charge in [-0.25, -0.2) is 0 Å². The summed E-state index contributed by atoms with van der Waals surface area (Å²) in [5, 5.41) is 0. The summed E-state index contributed by atoms with van der Waals surface area (Å²) in [4.78, 5) is 8.85. The van der Waals surface area contributed by atoms with E-state index in [2.05, 4.69) is 61.8 Å². The number of rotatable bonds is 3. The summed E-state index contributed by atoms with van der Waals surface area (Å²) in [6, 6.07) is 5.88. The molecule has 1 atom stereocenters. The molecule has 0 spiro atoms. The van der Waals surface area contributed by atoms with E-state index in [4.69, 9.17) is 0 Å². The van der Waals surface area contributed by atoms with Gasteiger partial charge in [0.2, 0.25) is 0 Å². The van der Waals surface area contributed by atoms with Crippen molar-refractivity contribution < 1.29 is 0 Å². The largest absolute Gasteiger partial charge is 0.255 e. The van der Waals surface area contributed by atoms with Crippen molar-refractivity contribution in [2.45, 2.75) is 27.5 Å². The maximum atomic E-state index is 4.50. The van der Waals surface area contributed by atoms with E-state index in [0.717, 1.165) is 11.4 Å². The van der Waals surface area contributed by atoms with Gasteiger partial charge in [0.25, 0.3) is 0 Å². The third-order valence-electron chi connectivity index (χ3n) is 3.62. The number of nitrogens with zero attached hydrogens (tertiary/aromatic N) is 2. The quantitative estimate of drug-likeness (QED) is 0.751. The van der Waals surface area contributed by atoms with Crippen molar-refractivity contribution in [3.63, 3.8) is 0 Å². The Labute approximate surface area is 122 Å². The van der Waals surface area contributed by atoms with E-state index in [1.165, 1.54) is 5.47 Å². The number of allylic oxidation sites excluding steroid dienone is 5. The molecule has 0 aromatic carbocycles. The van der Waals surface area contributed by atoms with E-state index in [1.54, 1.807) is 6.20 Å². The minimum Gasteiger partial charge on any atom is -0.255 e. The van der Waals surface area contributed by atoms with Crippen LogP contribution in [0.15, 0.2) is 65.4 Å². The molecule has 2 nitrogen and oxygen atoms in total. The van der Waals surface area contributed by atoms with Crippen LogP contribution in [0.5, 0.6) is 0 Å². The Balaban J connectivity index is 2.28. The zero-order valence-electron chi connectivity index (χ0n) is 12.7. The lowest BCUT2D eigenvalue weighted by atomic mass is 9.48. The van der Waals surface area contributed by atoms with E-state index < -0.39 is 0 Å². The maximum absolute atomic E-state index is 4.50. The Morgan fingerprint density at radius 3 is 2.70 bits per heavy atom. The van der Waals surface area contributed by atoms with Crippen molar-refractivity contribution in [3.8, 4) is 0 Å². The second-order valence-electron chi connectivity index (χ2n) is 5.79. The molecule has 1 aromatic heterocycles. The molecule has 1 aromatic rings. The van der Waals surface area contributed by atoms with Gasteiger partial charge in [0.15, 0.2) is 6.71 Å². The summed E-state index contributed by atoms with van der Waals surface area (Å²) in [5.74, 6) is 0. The summed E-state index contributed by atoms with van der Waals surface area (Å²) in [6.45, 7) is 9.38. The van der Waals surface area contributed by atoms with Gasteiger partial charge in [-0.05, 0) is 25.1 Å². The van der Waals surface area contributed by atoms with Crippen LogP contribution in [-0.4, -0.2) is 17.4 Å². The minimum atomic E-state index is -0.0889. The third-order valence-corrected chi connectivity index (χ3v) is 3.62. The van der Waals surface area contributed by atoms with Gasteiger partial charge in [-0.1, -0.05) is 44.9 Å². The molecular weight excluding hydrogens is 243 g/mol. The molecule has 2 rings (SSSR count). The summed E-state index contributed by atoms with van der Waals surface area (Å²) in [7, 11) is 0. The van der Waals surface area contributed by atoms with Crippen LogP contribution in [0.3, 0.4) is 0 Å². The van der Waals surface area contributed by atoms with Crippen molar-refractivity contribution in [1.82, 2.24) is 4.98 Å². The van der Waals surface area contributed by atoms with Crippen molar-refractivity contribution in [2.24, 2.45) is 10.4 Å². The lowest BCUT2D eigenvalue weighted by Gasteiger charge is -2.18. The summed E-state index contributed by atoms with van der Waals surface area (Å²) in [5.41, 5.74) is 3.11. The maximum Gasteiger partial charge on any atom is 0.163 e. The molecule has 0 saturated heterocycles. The van der Waals surface area contributed by atoms with Crippen LogP contribution in [0.1, 0.15) is 19.5 Å². The van der Waals surface area contributed by atoms with Crippen molar-refractivity contribution in [2.75, 3.05) is 0 Å². The first-order valence-corrected chi connectivity index (χ1v) is 7.06. The predicted octanol–water partition coefficient (Wildman–Crippen LogP) is 4.20. The fourth-order valence-electron chi connectivity index (χ4n) is 2.05. The van der Waals surface area contributed by atoms with Crippen molar-refractivity contribution >= 4 is 12.4 Å². The molecule has 0 saturated carbocycles. The average Bonchev–Trinajstić information content (AvgIpc) is 2.62. The highest BCUT2D eigenvalue weighted by molar-refractivity contribution is 6.63. The molecule has 0 radical (unpaired) electrons. The Bertz CT molecular complexity index is 582. The van der Waals surface area contributed by atoms with Crippen LogP contribution >= 0.6 is 0 Å². The van der Waals surface area contributed by atoms with Gasteiger partial charge >= 0.3 is 0 Å². The van der Waals surface area contributed by atoms with E-state index in [0.29, 0.717) is 6.71 Å². The summed E-state index contributed by atoms with van der Waals surface area (Å²) >= 11 is 0. The summed E-state index contributed by atoms with van der Waals surface area (Å²) in [6.07, 6.45) is 12.4. The van der Waals surface area contributed by atoms with E-state index >= 15 is 0 Å². The van der Waals surface area contributed by atoms with Gasteiger partial charge in [0, 0.05) is 17.8 Å². The van der Waals surface area contributed by atoms with Gasteiger partial charge in [0.1, 0.15) is 0 Å². The minimum absolute atomic E-state index is 0.0889. The second-order valence-corrected chi connectivity index (χ2v) is 5.79. The Hall–Kier alpha value is -1.90. The zero-order valence-corrected chi connectivity index (χ0v) is 12.7. The van der Waals surface area contributed by atoms with E-state index in [9.17, 15) is 0 Å². The highest BCUT2D eigenvalue weighted by Gasteiger charge is 2.18. The lowest BCUT2D eigenvalue weighted by Crippen LogP contribution is -2.11. The first-order valence-electron chi connectivity index (χ1n) is 7.06. The lowest BCUT2D eigenvalue weighted by molar-refractivity contribution is 0.713. The van der Waals surface area contributed by atoms with Gasteiger partial charge in [-0.2, -0.15) is 0 Å². The van der Waals surface area contributed by atoms with Crippen molar-refractivity contribution in [3.05, 3.63) is 66.1 Å². The van der Waals surface area contributed by atoms with Gasteiger partial charge in [-0.3, -0.25) is 9.98 Å². The average molecular weight is 264 g/mol. The number of aliphatic imine (C=N–C) groups is 1. The predicted molar refractivity (Wildman–Crippen MR) is 88.4 cm³/mol. The first kappa shape index (κ1) is 14.5. The van der Waals surface area contributed by atoms with E-state index in [-0.39, 0.29) is 5.41 Å². The molecule has 1 aliphatic rings. The molecule has 0 bridgehead atoms. The Kier molecular flexibility index (Phi) is 4.38. The van der Waals surface area contributed by atoms with Crippen LogP contribution in [0.2, 0.25) is 13.6 Å². The summed E-state index contributed by atoms with van der Waals surface area (Å²) < 4.78 is 0. The molecule has 3 heteroatoms. The molecule has 1 unspecified atom stereocenters. The van der Waals surface area contributed by atoms with Gasteiger partial charge in [-0.15, -0.1) is 5.47 Å². The smallest absolute Gasteiger partial charge is 0.163 e. The molecule has 2 heterocycles. The fourth-order valence-corrected chi connectivity index (χ4v) is 2.05. The molecule has 0 aliphatic carbocycles. The third kappa shape index (κ3) is 3.56. The molecule has 0 amide bonds. The molecule has 0 N–H and O–H groups in total. The highest BCUT2D eigenvalue weighted by Crippen LogP contribution is 2.27.